The molecule has 0 aliphatic heterocycles. The molecule has 0 spiro atoms. The number of carbonyl (C=O) groups excluding carboxylic acids is 2. The van der Waals surface area contributed by atoms with E-state index in [1.165, 1.54) is 7.11 Å². The van der Waals surface area contributed by atoms with Gasteiger partial charge in [-0.05, 0) is 39.7 Å². The molecule has 7 heteroatoms. The van der Waals surface area contributed by atoms with E-state index in [9.17, 15) is 9.59 Å². The predicted molar refractivity (Wildman–Crippen MR) is 119 cm³/mol. The molecule has 31 heavy (non-hydrogen) atoms. The van der Waals surface area contributed by atoms with Crippen LogP contribution < -0.4 is 16.0 Å². The van der Waals surface area contributed by atoms with Gasteiger partial charge < -0.3 is 14.8 Å². The number of fused-ring (bicyclic) bond motifs is 1. The third-order valence-electron chi connectivity index (χ3n) is 4.70. The van der Waals surface area contributed by atoms with Gasteiger partial charge in [0, 0.05) is 18.5 Å². The summed E-state index contributed by atoms with van der Waals surface area (Å²) in [6, 6.07) is 9.81. The number of nitrogens with zero attached hydrogens (tertiary/aromatic N) is 2. The standard InChI is InChI=1S/C24H29N3O4/c1-24(2,3)31-20(28)11-8-14-25-22-21(16-9-6-5-7-10-16)26-18-13-12-17(23(29)30-4)15-19(18)27-22/h5-7,9-10,13,15,17H,8,11-12,14H2,1-4H3,(H,25,27). The van der Waals surface area contributed by atoms with Crippen LogP contribution in [0.4, 0.5) is 5.82 Å². The van der Waals surface area contributed by atoms with E-state index < -0.39 is 5.60 Å². The van der Waals surface area contributed by atoms with E-state index in [0.29, 0.717) is 37.0 Å². The molecule has 1 aliphatic rings. The molecular formula is C24H29N3O4. The lowest BCUT2D eigenvalue weighted by Crippen LogP contribution is -2.37. The Balaban J connectivity index is 1.82. The lowest BCUT2D eigenvalue weighted by Gasteiger charge is -2.19. The number of methoxy groups -OCH3 is 1. The van der Waals surface area contributed by atoms with Gasteiger partial charge in [0.2, 0.25) is 0 Å². The summed E-state index contributed by atoms with van der Waals surface area (Å²) in [4.78, 5) is 33.4. The lowest BCUT2D eigenvalue weighted by atomic mass is 10.0. The molecule has 0 fully saturated rings. The highest BCUT2D eigenvalue weighted by Gasteiger charge is 2.20. The fourth-order valence-electron chi connectivity index (χ4n) is 3.30. The molecule has 0 saturated heterocycles. The van der Waals surface area contributed by atoms with Gasteiger partial charge in [-0.1, -0.05) is 36.4 Å². The van der Waals surface area contributed by atoms with E-state index in [4.69, 9.17) is 19.4 Å². The first-order valence-corrected chi connectivity index (χ1v) is 10.5. The number of rotatable bonds is 7. The second-order valence-corrected chi connectivity index (χ2v) is 8.41. The highest BCUT2D eigenvalue weighted by molar-refractivity contribution is 5.80. The maximum absolute atomic E-state index is 11.9. The Morgan fingerprint density at radius 1 is 1.13 bits per heavy atom. The summed E-state index contributed by atoms with van der Waals surface area (Å²) < 4.78 is 10.2. The minimum absolute atomic E-state index is 0.224. The van der Waals surface area contributed by atoms with Crippen molar-refractivity contribution in [1.82, 2.24) is 9.97 Å². The number of anilines is 1. The summed E-state index contributed by atoms with van der Waals surface area (Å²) in [5.74, 6) is -0.264. The maximum Gasteiger partial charge on any atom is 0.312 e. The van der Waals surface area contributed by atoms with Crippen LogP contribution in [0.15, 0.2) is 30.3 Å². The van der Waals surface area contributed by atoms with Crippen LogP contribution in [-0.4, -0.2) is 41.2 Å². The van der Waals surface area contributed by atoms with Gasteiger partial charge in [0.15, 0.2) is 5.82 Å². The monoisotopic (exact) mass is 423 g/mol. The topological polar surface area (TPSA) is 90.4 Å². The molecule has 1 heterocycles. The summed E-state index contributed by atoms with van der Waals surface area (Å²) in [5, 5.41) is 4.70. The first kappa shape index (κ1) is 22.5. The molecule has 0 saturated carbocycles. The van der Waals surface area contributed by atoms with Crippen molar-refractivity contribution < 1.29 is 19.1 Å². The summed E-state index contributed by atoms with van der Waals surface area (Å²) in [5.41, 5.74) is 1.19. The van der Waals surface area contributed by atoms with Gasteiger partial charge in [0.05, 0.1) is 23.7 Å². The van der Waals surface area contributed by atoms with Crippen molar-refractivity contribution in [3.05, 3.63) is 41.0 Å². The fraction of sp³-hybridized carbons (Fsp3) is 0.417. The number of ether oxygens (including phenoxy) is 2. The Kier molecular flexibility index (Phi) is 7.05. The van der Waals surface area contributed by atoms with Crippen LogP contribution >= 0.6 is 0 Å². The van der Waals surface area contributed by atoms with Crippen LogP contribution in [0.25, 0.3) is 23.4 Å². The molecule has 3 rings (SSSR count). The van der Waals surface area contributed by atoms with Gasteiger partial charge in [0.25, 0.3) is 0 Å². The van der Waals surface area contributed by atoms with Crippen molar-refractivity contribution in [3.8, 4) is 11.3 Å². The first-order chi connectivity index (χ1) is 14.8. The van der Waals surface area contributed by atoms with Crippen molar-refractivity contribution in [1.29, 1.82) is 0 Å². The normalized spacial score (nSPS) is 15.2. The second-order valence-electron chi connectivity index (χ2n) is 8.41. The Labute approximate surface area is 182 Å². The van der Waals surface area contributed by atoms with Gasteiger partial charge in [0.1, 0.15) is 11.3 Å². The number of hydrogen-bond donors (Lipinski definition) is 1. The van der Waals surface area contributed by atoms with Crippen molar-refractivity contribution in [2.45, 2.75) is 45.6 Å². The van der Waals surface area contributed by atoms with E-state index in [0.717, 1.165) is 16.6 Å². The number of benzene rings is 1. The van der Waals surface area contributed by atoms with Gasteiger partial charge in [-0.25, -0.2) is 9.97 Å². The van der Waals surface area contributed by atoms with Crippen molar-refractivity contribution >= 4 is 29.9 Å². The van der Waals surface area contributed by atoms with Crippen molar-refractivity contribution in [3.63, 3.8) is 0 Å². The quantitative estimate of drug-likeness (QED) is 0.540. The molecule has 7 nitrogen and oxygen atoms in total. The number of carbonyl (C=O) groups is 2. The molecule has 1 unspecified atom stereocenters. The third kappa shape index (κ3) is 6.13. The van der Waals surface area contributed by atoms with E-state index in [-0.39, 0.29) is 17.9 Å². The van der Waals surface area contributed by atoms with Gasteiger partial charge in [-0.2, -0.15) is 0 Å². The number of aromatic nitrogens is 2. The van der Waals surface area contributed by atoms with Crippen LogP contribution in [0.3, 0.4) is 0 Å². The molecule has 1 aromatic carbocycles. The third-order valence-corrected chi connectivity index (χ3v) is 4.70. The van der Waals surface area contributed by atoms with Crippen LogP contribution in [0.5, 0.6) is 0 Å². The zero-order chi connectivity index (χ0) is 22.4. The van der Waals surface area contributed by atoms with E-state index in [1.807, 2.05) is 57.2 Å². The highest BCUT2D eigenvalue weighted by Crippen LogP contribution is 2.22. The average Bonchev–Trinajstić information content (AvgIpc) is 2.74. The number of nitrogens with one attached hydrogen (secondary N) is 1. The smallest absolute Gasteiger partial charge is 0.312 e. The molecule has 0 amide bonds. The fourth-order valence-corrected chi connectivity index (χ4v) is 3.30. The van der Waals surface area contributed by atoms with Crippen LogP contribution in [0.2, 0.25) is 0 Å². The molecule has 1 atom stereocenters. The number of esters is 2. The Bertz CT molecular complexity index is 1060. The average molecular weight is 424 g/mol. The largest absolute Gasteiger partial charge is 0.469 e. The molecular weight excluding hydrogens is 394 g/mol. The van der Waals surface area contributed by atoms with Crippen LogP contribution in [-0.2, 0) is 19.1 Å². The Morgan fingerprint density at radius 3 is 2.55 bits per heavy atom. The van der Waals surface area contributed by atoms with E-state index in [2.05, 4.69) is 5.32 Å². The molecule has 2 aromatic rings. The molecule has 0 bridgehead atoms. The van der Waals surface area contributed by atoms with E-state index >= 15 is 0 Å². The van der Waals surface area contributed by atoms with Gasteiger partial charge in [-0.3, -0.25) is 9.59 Å². The van der Waals surface area contributed by atoms with Crippen LogP contribution in [0.1, 0.15) is 40.0 Å². The molecule has 1 N–H and O–H groups in total. The zero-order valence-corrected chi connectivity index (χ0v) is 18.5. The minimum Gasteiger partial charge on any atom is -0.469 e. The summed E-state index contributed by atoms with van der Waals surface area (Å²) >= 11 is 0. The minimum atomic E-state index is -0.489. The number of hydrogen-bond acceptors (Lipinski definition) is 7. The Morgan fingerprint density at radius 2 is 1.87 bits per heavy atom. The van der Waals surface area contributed by atoms with Gasteiger partial charge in [-0.15, -0.1) is 0 Å². The van der Waals surface area contributed by atoms with Gasteiger partial charge >= 0.3 is 11.9 Å². The predicted octanol–water partition coefficient (Wildman–Crippen LogP) is 2.43. The zero-order valence-electron chi connectivity index (χ0n) is 18.5. The maximum atomic E-state index is 11.9. The first-order valence-electron chi connectivity index (χ1n) is 10.5. The van der Waals surface area contributed by atoms with Crippen molar-refractivity contribution in [2.75, 3.05) is 19.0 Å². The van der Waals surface area contributed by atoms with Crippen LogP contribution in [0, 0.1) is 5.92 Å². The lowest BCUT2D eigenvalue weighted by molar-refractivity contribution is -0.154. The van der Waals surface area contributed by atoms with Crippen molar-refractivity contribution in [2.24, 2.45) is 5.92 Å². The van der Waals surface area contributed by atoms with E-state index in [1.54, 1.807) is 6.08 Å². The molecule has 1 aliphatic carbocycles. The Hall–Kier alpha value is -3.22. The highest BCUT2D eigenvalue weighted by atomic mass is 16.6. The second kappa shape index (κ2) is 9.73. The summed E-state index contributed by atoms with van der Waals surface area (Å²) in [6.07, 6.45) is 5.17. The molecule has 0 radical (unpaired) electrons. The molecule has 164 valence electrons. The summed E-state index contributed by atoms with van der Waals surface area (Å²) in [6.45, 7) is 6.10. The summed E-state index contributed by atoms with van der Waals surface area (Å²) in [7, 11) is 1.38. The SMILES string of the molecule is COC(=O)C1C=c2nc(NCCCC(=O)OC(C)(C)C)c(-c3ccccc3)nc2=CC1. The molecule has 1 aromatic heterocycles.